The number of thiophene rings is 1. The monoisotopic (exact) mass is 456 g/mol. The van der Waals surface area contributed by atoms with Crippen molar-refractivity contribution in [3.63, 3.8) is 0 Å². The first-order valence-electron chi connectivity index (χ1n) is 10.5. The van der Waals surface area contributed by atoms with E-state index in [0.717, 1.165) is 5.56 Å². The highest BCUT2D eigenvalue weighted by atomic mass is 32.1. The van der Waals surface area contributed by atoms with Gasteiger partial charge < -0.3 is 5.32 Å². The van der Waals surface area contributed by atoms with Crippen molar-refractivity contribution in [1.29, 1.82) is 0 Å². The normalized spacial score (nSPS) is 11.2. The molecule has 164 valence electrons. The van der Waals surface area contributed by atoms with Gasteiger partial charge in [0.1, 0.15) is 16.1 Å². The molecule has 0 unspecified atom stereocenters. The second-order valence-electron chi connectivity index (χ2n) is 7.61. The molecule has 0 bridgehead atoms. The Morgan fingerprint density at radius 3 is 2.39 bits per heavy atom. The third-order valence-electron chi connectivity index (χ3n) is 5.44. The molecule has 0 radical (unpaired) electrons. The molecule has 3 heterocycles. The zero-order valence-electron chi connectivity index (χ0n) is 17.6. The van der Waals surface area contributed by atoms with Gasteiger partial charge in [-0.3, -0.25) is 18.7 Å². The lowest BCUT2D eigenvalue weighted by atomic mass is 10.1. The third-order valence-corrected chi connectivity index (χ3v) is 6.53. The maximum Gasteiger partial charge on any atom is 0.332 e. The van der Waals surface area contributed by atoms with Crippen molar-refractivity contribution in [3.05, 3.63) is 105 Å². The van der Waals surface area contributed by atoms with Gasteiger partial charge >= 0.3 is 5.69 Å². The Hall–Kier alpha value is -4.04. The van der Waals surface area contributed by atoms with Gasteiger partial charge in [0.2, 0.25) is 5.91 Å². The minimum Gasteiger partial charge on any atom is -0.325 e. The van der Waals surface area contributed by atoms with Gasteiger partial charge in [-0.25, -0.2) is 9.78 Å². The van der Waals surface area contributed by atoms with Crippen LogP contribution in [0.3, 0.4) is 0 Å². The van der Waals surface area contributed by atoms with E-state index in [9.17, 15) is 14.4 Å². The number of nitrogens with one attached hydrogen (secondary N) is 1. The van der Waals surface area contributed by atoms with Crippen LogP contribution in [0.25, 0.3) is 20.4 Å². The van der Waals surface area contributed by atoms with Crippen LogP contribution >= 0.6 is 11.3 Å². The Balaban J connectivity index is 1.61. The van der Waals surface area contributed by atoms with Crippen molar-refractivity contribution in [1.82, 2.24) is 14.1 Å². The van der Waals surface area contributed by atoms with Crippen LogP contribution in [0.4, 0.5) is 5.69 Å². The maximum absolute atomic E-state index is 13.5. The number of nitrogens with zero attached hydrogens (tertiary/aromatic N) is 3. The van der Waals surface area contributed by atoms with Gasteiger partial charge in [0.25, 0.3) is 5.56 Å². The summed E-state index contributed by atoms with van der Waals surface area (Å²) in [5, 5.41) is 3.51. The average Bonchev–Trinajstić information content (AvgIpc) is 3.23. The Bertz CT molecular complexity index is 1570. The van der Waals surface area contributed by atoms with Crippen molar-refractivity contribution in [2.75, 3.05) is 5.32 Å². The third kappa shape index (κ3) is 4.08. The van der Waals surface area contributed by atoms with Crippen molar-refractivity contribution in [2.24, 2.45) is 0 Å². The number of anilines is 1. The van der Waals surface area contributed by atoms with Gasteiger partial charge in [0, 0.05) is 23.8 Å². The van der Waals surface area contributed by atoms with E-state index in [2.05, 4.69) is 10.3 Å². The number of aromatic nitrogens is 3. The summed E-state index contributed by atoms with van der Waals surface area (Å²) in [4.78, 5) is 44.6. The fourth-order valence-corrected chi connectivity index (χ4v) is 4.97. The number of amides is 1. The molecule has 0 aliphatic carbocycles. The zero-order valence-corrected chi connectivity index (χ0v) is 18.4. The first kappa shape index (κ1) is 20.8. The van der Waals surface area contributed by atoms with Crippen molar-refractivity contribution in [2.45, 2.75) is 19.5 Å². The first-order chi connectivity index (χ1) is 16.1. The quantitative estimate of drug-likeness (QED) is 0.423. The molecular formula is C25H20N4O3S. The molecule has 0 saturated carbocycles. The number of carbonyl (C=O) groups is 1. The molecule has 7 nitrogen and oxygen atoms in total. The summed E-state index contributed by atoms with van der Waals surface area (Å²) < 4.78 is 3.03. The number of hydrogen-bond donors (Lipinski definition) is 1. The molecule has 1 amide bonds. The second-order valence-corrected chi connectivity index (χ2v) is 8.61. The number of rotatable bonds is 6. The molecule has 0 atom stereocenters. The number of hydrogen-bond acceptors (Lipinski definition) is 5. The van der Waals surface area contributed by atoms with Crippen molar-refractivity contribution >= 4 is 43.4 Å². The molecule has 1 N–H and O–H groups in total. The summed E-state index contributed by atoms with van der Waals surface area (Å²) in [5.74, 6) is -0.346. The first-order valence-corrected chi connectivity index (χ1v) is 11.3. The van der Waals surface area contributed by atoms with Gasteiger partial charge in [-0.1, -0.05) is 48.5 Å². The second kappa shape index (κ2) is 8.84. The van der Waals surface area contributed by atoms with Gasteiger partial charge in [0.05, 0.1) is 5.52 Å². The highest BCUT2D eigenvalue weighted by molar-refractivity contribution is 7.25. The van der Waals surface area contributed by atoms with E-state index in [1.54, 1.807) is 24.4 Å². The number of pyridine rings is 1. The highest BCUT2D eigenvalue weighted by Crippen LogP contribution is 2.29. The van der Waals surface area contributed by atoms with Crippen LogP contribution < -0.4 is 16.6 Å². The Morgan fingerprint density at radius 2 is 1.64 bits per heavy atom. The summed E-state index contributed by atoms with van der Waals surface area (Å²) in [6.07, 6.45) is 2.18. The van der Waals surface area contributed by atoms with E-state index in [0.29, 0.717) is 32.5 Å². The molecule has 0 saturated heterocycles. The molecule has 33 heavy (non-hydrogen) atoms. The molecule has 0 spiro atoms. The van der Waals surface area contributed by atoms with E-state index < -0.39 is 5.69 Å². The lowest BCUT2D eigenvalue weighted by Gasteiger charge is -2.13. The summed E-state index contributed by atoms with van der Waals surface area (Å²) in [6, 6.07) is 22.3. The number of aryl methyl sites for hydroxylation is 1. The van der Waals surface area contributed by atoms with Crippen LogP contribution in [-0.2, 0) is 24.3 Å². The molecule has 0 aliphatic rings. The molecule has 0 fully saturated rings. The lowest BCUT2D eigenvalue weighted by molar-refractivity contribution is -0.116. The van der Waals surface area contributed by atoms with Gasteiger partial charge in [-0.05, 0) is 36.2 Å². The largest absolute Gasteiger partial charge is 0.332 e. The van der Waals surface area contributed by atoms with Gasteiger partial charge in [-0.15, -0.1) is 11.3 Å². The number of carbonyl (C=O) groups excluding carboxylic acids is 1. The van der Waals surface area contributed by atoms with Crippen LogP contribution in [0.5, 0.6) is 0 Å². The summed E-state index contributed by atoms with van der Waals surface area (Å²) in [5.41, 5.74) is 1.26. The Morgan fingerprint density at radius 1 is 0.909 bits per heavy atom. The van der Waals surface area contributed by atoms with E-state index in [4.69, 9.17) is 0 Å². The minimum absolute atomic E-state index is 0.212. The van der Waals surface area contributed by atoms with Crippen LogP contribution in [0, 0.1) is 0 Å². The Labute approximate surface area is 192 Å². The van der Waals surface area contributed by atoms with E-state index in [1.807, 2.05) is 54.6 Å². The Kier molecular flexibility index (Phi) is 5.58. The summed E-state index contributed by atoms with van der Waals surface area (Å²) in [6.45, 7) is 0.0101. The molecule has 5 aromatic rings. The summed E-state index contributed by atoms with van der Waals surface area (Å²) in [7, 11) is 0. The predicted molar refractivity (Wildman–Crippen MR) is 131 cm³/mol. The van der Waals surface area contributed by atoms with Crippen LogP contribution in [-0.4, -0.2) is 20.0 Å². The molecule has 8 heteroatoms. The molecule has 2 aromatic carbocycles. The van der Waals surface area contributed by atoms with E-state index >= 15 is 0 Å². The van der Waals surface area contributed by atoms with E-state index in [1.165, 1.54) is 20.5 Å². The molecule has 3 aromatic heterocycles. The molecular weight excluding hydrogens is 436 g/mol. The molecule has 0 aliphatic heterocycles. The number of benzene rings is 2. The topological polar surface area (TPSA) is 86.0 Å². The standard InChI is InChI=1S/C25H20N4O3S/c30-20(27-18-10-5-2-6-11-18)16-29-21-19-12-7-14-26-23(19)33-22(21)24(31)28(25(29)32)15-13-17-8-3-1-4-9-17/h1-12,14H,13,15-16H2,(H,27,30). The fourth-order valence-electron chi connectivity index (χ4n) is 3.88. The highest BCUT2D eigenvalue weighted by Gasteiger charge is 2.20. The SMILES string of the molecule is O=C(Cn1c(=O)n(CCc2ccccc2)c(=O)c2sc3ncccc3c21)Nc1ccccc1. The zero-order chi connectivity index (χ0) is 22.8. The van der Waals surface area contributed by atoms with Crippen molar-refractivity contribution < 1.29 is 4.79 Å². The van der Waals surface area contributed by atoms with Crippen LogP contribution in [0.15, 0.2) is 88.6 Å². The fraction of sp³-hybridized carbons (Fsp3) is 0.120. The molecule has 5 rings (SSSR count). The smallest absolute Gasteiger partial charge is 0.325 e. The average molecular weight is 457 g/mol. The number of para-hydroxylation sites is 1. The van der Waals surface area contributed by atoms with E-state index in [-0.39, 0.29) is 24.6 Å². The maximum atomic E-state index is 13.5. The predicted octanol–water partition coefficient (Wildman–Crippen LogP) is 3.65. The van der Waals surface area contributed by atoms with Gasteiger partial charge in [0.15, 0.2) is 0 Å². The minimum atomic E-state index is -0.504. The van der Waals surface area contributed by atoms with Crippen molar-refractivity contribution in [3.8, 4) is 0 Å². The summed E-state index contributed by atoms with van der Waals surface area (Å²) >= 11 is 1.24. The van der Waals surface area contributed by atoms with Gasteiger partial charge in [-0.2, -0.15) is 0 Å². The lowest BCUT2D eigenvalue weighted by Crippen LogP contribution is -2.41. The number of fused-ring (bicyclic) bond motifs is 3. The van der Waals surface area contributed by atoms with Crippen LogP contribution in [0.1, 0.15) is 5.56 Å². The van der Waals surface area contributed by atoms with Crippen LogP contribution in [0.2, 0.25) is 0 Å².